The molecule has 1 aromatic heterocycles. The number of nitrogens with two attached hydrogens (primary N) is 1. The fourth-order valence-corrected chi connectivity index (χ4v) is 5.09. The molecule has 2 atom stereocenters. The van der Waals surface area contributed by atoms with Crippen LogP contribution >= 0.6 is 11.3 Å². The van der Waals surface area contributed by atoms with Gasteiger partial charge in [0.15, 0.2) is 0 Å². The third-order valence-electron chi connectivity index (χ3n) is 4.50. The highest BCUT2D eigenvalue weighted by molar-refractivity contribution is 7.12. The minimum atomic E-state index is -0.168. The van der Waals surface area contributed by atoms with Gasteiger partial charge in [-0.15, -0.1) is 11.3 Å². The molecule has 1 heterocycles. The second kappa shape index (κ2) is 3.55. The fraction of sp³-hybridized carbons (Fsp3) is 0.786. The van der Waals surface area contributed by atoms with E-state index in [1.165, 1.54) is 41.3 Å². The normalized spacial score (nSPS) is 35.2. The van der Waals surface area contributed by atoms with Crippen LogP contribution in [-0.2, 0) is 18.4 Å². The van der Waals surface area contributed by atoms with Crippen molar-refractivity contribution < 1.29 is 0 Å². The molecule has 0 saturated heterocycles. The lowest BCUT2D eigenvalue weighted by molar-refractivity contribution is 0.327. The van der Waals surface area contributed by atoms with Gasteiger partial charge in [-0.3, -0.25) is 0 Å². The molecule has 3 heteroatoms. The van der Waals surface area contributed by atoms with E-state index in [4.69, 9.17) is 10.7 Å². The molecule has 0 bridgehead atoms. The molecule has 0 aliphatic heterocycles. The van der Waals surface area contributed by atoms with Crippen LogP contribution in [0.4, 0.5) is 0 Å². The summed E-state index contributed by atoms with van der Waals surface area (Å²) >= 11 is 1.89. The first-order valence-electron chi connectivity index (χ1n) is 6.69. The van der Waals surface area contributed by atoms with Crippen molar-refractivity contribution in [2.75, 3.05) is 0 Å². The van der Waals surface area contributed by atoms with Gasteiger partial charge >= 0.3 is 0 Å². The number of hydrogen-bond donors (Lipinski definition) is 1. The summed E-state index contributed by atoms with van der Waals surface area (Å²) in [6.07, 6.45) is 5.97. The van der Waals surface area contributed by atoms with Gasteiger partial charge in [0.1, 0.15) is 5.01 Å². The average molecular weight is 250 g/mol. The summed E-state index contributed by atoms with van der Waals surface area (Å²) in [6, 6.07) is 0. The Hall–Kier alpha value is -0.410. The maximum absolute atomic E-state index is 6.71. The van der Waals surface area contributed by atoms with Crippen LogP contribution in [0.15, 0.2) is 0 Å². The second-order valence-electron chi connectivity index (χ2n) is 6.73. The van der Waals surface area contributed by atoms with Gasteiger partial charge in [0, 0.05) is 4.88 Å². The van der Waals surface area contributed by atoms with Gasteiger partial charge in [-0.25, -0.2) is 4.98 Å². The molecule has 1 saturated carbocycles. The summed E-state index contributed by atoms with van der Waals surface area (Å²) in [7, 11) is 0. The van der Waals surface area contributed by atoms with Crippen molar-refractivity contribution in [1.82, 2.24) is 4.98 Å². The average Bonchev–Trinajstić information content (AvgIpc) is 2.77. The molecule has 3 rings (SSSR count). The molecule has 1 aromatic rings. The van der Waals surface area contributed by atoms with Crippen molar-refractivity contribution in [3.63, 3.8) is 0 Å². The van der Waals surface area contributed by atoms with Gasteiger partial charge in [0.25, 0.3) is 0 Å². The predicted molar refractivity (Wildman–Crippen MR) is 72.2 cm³/mol. The maximum atomic E-state index is 6.71. The molecule has 17 heavy (non-hydrogen) atoms. The number of nitrogens with zero attached hydrogens (tertiary/aromatic N) is 1. The Morgan fingerprint density at radius 1 is 1.35 bits per heavy atom. The van der Waals surface area contributed by atoms with Gasteiger partial charge in [0.2, 0.25) is 0 Å². The Balaban J connectivity index is 1.97. The highest BCUT2D eigenvalue weighted by Crippen LogP contribution is 2.52. The fourth-order valence-electron chi connectivity index (χ4n) is 3.73. The van der Waals surface area contributed by atoms with Crippen LogP contribution < -0.4 is 5.73 Å². The quantitative estimate of drug-likeness (QED) is 0.831. The van der Waals surface area contributed by atoms with Crippen molar-refractivity contribution >= 4 is 11.3 Å². The molecule has 2 aliphatic rings. The monoisotopic (exact) mass is 250 g/mol. The standard InChI is InChI=1S/C14H22N2S/c1-9-7-13(2,3)8-14(9,15)12-16-10-5-4-6-11(10)17-12/h9H,4-8,15H2,1-3H3. The Labute approximate surface area is 108 Å². The van der Waals surface area contributed by atoms with Crippen molar-refractivity contribution in [2.45, 2.75) is 58.4 Å². The molecule has 94 valence electrons. The second-order valence-corrected chi connectivity index (χ2v) is 7.81. The Kier molecular flexibility index (Phi) is 2.43. The summed E-state index contributed by atoms with van der Waals surface area (Å²) in [5, 5.41) is 1.21. The largest absolute Gasteiger partial charge is 0.319 e. The molecule has 2 aliphatic carbocycles. The van der Waals surface area contributed by atoms with E-state index in [0.29, 0.717) is 11.3 Å². The zero-order valence-corrected chi connectivity index (χ0v) is 11.9. The van der Waals surface area contributed by atoms with E-state index in [2.05, 4.69) is 20.8 Å². The molecule has 0 spiro atoms. The van der Waals surface area contributed by atoms with Gasteiger partial charge in [-0.1, -0.05) is 20.8 Å². The van der Waals surface area contributed by atoms with Crippen LogP contribution in [0.5, 0.6) is 0 Å². The SMILES string of the molecule is CC1CC(C)(C)CC1(N)c1nc2c(s1)CCC2. The zero-order valence-electron chi connectivity index (χ0n) is 11.0. The minimum Gasteiger partial charge on any atom is -0.319 e. The maximum Gasteiger partial charge on any atom is 0.113 e. The molecule has 2 N–H and O–H groups in total. The topological polar surface area (TPSA) is 38.9 Å². The molecular weight excluding hydrogens is 228 g/mol. The smallest absolute Gasteiger partial charge is 0.113 e. The number of aromatic nitrogens is 1. The summed E-state index contributed by atoms with van der Waals surface area (Å²) in [6.45, 7) is 6.96. The van der Waals surface area contributed by atoms with Gasteiger partial charge in [0.05, 0.1) is 11.2 Å². The van der Waals surface area contributed by atoms with Crippen LogP contribution in [-0.4, -0.2) is 4.98 Å². The number of rotatable bonds is 1. The molecule has 0 amide bonds. The molecule has 0 aromatic carbocycles. The summed E-state index contributed by atoms with van der Waals surface area (Å²) < 4.78 is 0. The molecule has 0 radical (unpaired) electrons. The van der Waals surface area contributed by atoms with Crippen molar-refractivity contribution in [1.29, 1.82) is 0 Å². The van der Waals surface area contributed by atoms with E-state index < -0.39 is 0 Å². The predicted octanol–water partition coefficient (Wildman–Crippen LogP) is 3.24. The van der Waals surface area contributed by atoms with E-state index in [1.54, 1.807) is 0 Å². The number of aryl methyl sites for hydroxylation is 2. The van der Waals surface area contributed by atoms with Crippen LogP contribution in [0.3, 0.4) is 0 Å². The van der Waals surface area contributed by atoms with Gasteiger partial charge in [-0.05, 0) is 43.4 Å². The van der Waals surface area contributed by atoms with Crippen molar-refractivity contribution in [3.8, 4) is 0 Å². The zero-order chi connectivity index (χ0) is 12.3. The van der Waals surface area contributed by atoms with Crippen LogP contribution in [0.25, 0.3) is 0 Å². The third kappa shape index (κ3) is 1.75. The highest BCUT2D eigenvalue weighted by atomic mass is 32.1. The van der Waals surface area contributed by atoms with Gasteiger partial charge in [-0.2, -0.15) is 0 Å². The number of hydrogen-bond acceptors (Lipinski definition) is 3. The summed E-state index contributed by atoms with van der Waals surface area (Å²) in [5.74, 6) is 0.545. The van der Waals surface area contributed by atoms with Crippen LogP contribution in [0, 0.1) is 11.3 Å². The van der Waals surface area contributed by atoms with E-state index in [1.807, 2.05) is 11.3 Å². The van der Waals surface area contributed by atoms with E-state index in [0.717, 1.165) is 6.42 Å². The molecule has 1 fully saturated rings. The summed E-state index contributed by atoms with van der Waals surface area (Å²) in [5.41, 5.74) is 8.25. The Morgan fingerprint density at radius 3 is 2.71 bits per heavy atom. The van der Waals surface area contributed by atoms with E-state index >= 15 is 0 Å². The lowest BCUT2D eigenvalue weighted by atomic mass is 9.88. The number of fused-ring (bicyclic) bond motifs is 1. The van der Waals surface area contributed by atoms with Gasteiger partial charge < -0.3 is 5.73 Å². The Bertz CT molecular complexity index is 428. The number of thiazole rings is 1. The molecule has 2 unspecified atom stereocenters. The first-order chi connectivity index (χ1) is 7.91. The Morgan fingerprint density at radius 2 is 2.12 bits per heavy atom. The first kappa shape index (κ1) is 11.7. The van der Waals surface area contributed by atoms with E-state index in [9.17, 15) is 0 Å². The minimum absolute atomic E-state index is 0.168. The first-order valence-corrected chi connectivity index (χ1v) is 7.50. The summed E-state index contributed by atoms with van der Waals surface area (Å²) in [4.78, 5) is 6.36. The molecular formula is C14H22N2S. The molecule has 2 nitrogen and oxygen atoms in total. The van der Waals surface area contributed by atoms with E-state index in [-0.39, 0.29) is 5.54 Å². The van der Waals surface area contributed by atoms with Crippen LogP contribution in [0.1, 0.15) is 55.6 Å². The lowest BCUT2D eigenvalue weighted by Crippen LogP contribution is -2.39. The highest BCUT2D eigenvalue weighted by Gasteiger charge is 2.49. The van der Waals surface area contributed by atoms with Crippen molar-refractivity contribution in [2.24, 2.45) is 17.1 Å². The third-order valence-corrected chi connectivity index (χ3v) is 5.85. The lowest BCUT2D eigenvalue weighted by Gasteiger charge is -2.27. The van der Waals surface area contributed by atoms with Crippen molar-refractivity contribution in [3.05, 3.63) is 15.6 Å². The van der Waals surface area contributed by atoms with Crippen LogP contribution in [0.2, 0.25) is 0 Å².